The van der Waals surface area contributed by atoms with Crippen LogP contribution < -0.4 is 9.80 Å². The van der Waals surface area contributed by atoms with E-state index in [4.69, 9.17) is 4.98 Å². The highest BCUT2D eigenvalue weighted by Gasteiger charge is 2.32. The van der Waals surface area contributed by atoms with Crippen LogP contribution in [0, 0.1) is 12.8 Å². The summed E-state index contributed by atoms with van der Waals surface area (Å²) in [5.41, 5.74) is 4.01. The number of carbonyl (C=O) groups is 1. The van der Waals surface area contributed by atoms with Gasteiger partial charge in [0.1, 0.15) is 12.2 Å². The van der Waals surface area contributed by atoms with Crippen molar-refractivity contribution < 1.29 is 4.79 Å². The first kappa shape index (κ1) is 21.9. The van der Waals surface area contributed by atoms with Crippen LogP contribution >= 0.6 is 0 Å². The Kier molecular flexibility index (Phi) is 6.29. The molecule has 4 heterocycles. The van der Waals surface area contributed by atoms with Crippen LogP contribution in [0.1, 0.15) is 56.8 Å². The molecule has 2 aromatic heterocycles. The SMILES string of the molecule is CCCN(C(=O)[C@H]1CCCN(c2ncnc3c2nc2n3CCCCC2)C1)c1ccccc1C. The van der Waals surface area contributed by atoms with E-state index >= 15 is 0 Å². The van der Waals surface area contributed by atoms with Crippen molar-refractivity contribution >= 4 is 28.6 Å². The standard InChI is InChI=1S/C26H34N6O/c1-3-14-31(21-12-7-6-10-19(21)2)26(33)20-11-9-15-30(17-20)24-23-25(28-18-27-24)32-16-8-4-5-13-22(32)29-23/h6-7,10,12,18,20H,3-5,8-9,11,13-17H2,1-2H3/t20-/m0/s1. The molecule has 0 spiro atoms. The largest absolute Gasteiger partial charge is 0.354 e. The molecule has 7 heteroatoms. The molecule has 1 aromatic carbocycles. The third kappa shape index (κ3) is 4.21. The van der Waals surface area contributed by atoms with Crippen molar-refractivity contribution in [1.82, 2.24) is 19.5 Å². The molecule has 2 aliphatic rings. The quantitative estimate of drug-likeness (QED) is 0.576. The van der Waals surface area contributed by atoms with Crippen molar-refractivity contribution in [2.75, 3.05) is 29.4 Å². The minimum absolute atomic E-state index is 0.0460. The number of anilines is 2. The van der Waals surface area contributed by atoms with E-state index < -0.39 is 0 Å². The number of benzene rings is 1. The first-order chi connectivity index (χ1) is 16.2. The number of hydrogen-bond acceptors (Lipinski definition) is 5. The first-order valence-corrected chi connectivity index (χ1v) is 12.5. The minimum atomic E-state index is -0.0460. The van der Waals surface area contributed by atoms with E-state index in [0.29, 0.717) is 6.54 Å². The lowest BCUT2D eigenvalue weighted by Gasteiger charge is -2.36. The van der Waals surface area contributed by atoms with Gasteiger partial charge in [-0.2, -0.15) is 0 Å². The summed E-state index contributed by atoms with van der Waals surface area (Å²) >= 11 is 0. The van der Waals surface area contributed by atoms with Crippen LogP contribution in [0.15, 0.2) is 30.6 Å². The number of piperidine rings is 1. The van der Waals surface area contributed by atoms with Crippen molar-refractivity contribution in [3.05, 3.63) is 42.0 Å². The number of para-hydroxylation sites is 1. The molecule has 0 radical (unpaired) electrons. The molecule has 1 amide bonds. The number of rotatable bonds is 5. The van der Waals surface area contributed by atoms with Crippen molar-refractivity contribution in [2.24, 2.45) is 5.92 Å². The van der Waals surface area contributed by atoms with Gasteiger partial charge >= 0.3 is 0 Å². The summed E-state index contributed by atoms with van der Waals surface area (Å²) in [5, 5.41) is 0. The minimum Gasteiger partial charge on any atom is -0.354 e. The number of aromatic nitrogens is 4. The molecule has 1 atom stereocenters. The van der Waals surface area contributed by atoms with Gasteiger partial charge in [0.05, 0.1) is 5.92 Å². The number of imidazole rings is 1. The lowest BCUT2D eigenvalue weighted by Crippen LogP contribution is -2.45. The zero-order chi connectivity index (χ0) is 22.8. The summed E-state index contributed by atoms with van der Waals surface area (Å²) in [6, 6.07) is 8.20. The molecule has 2 aliphatic heterocycles. The van der Waals surface area contributed by atoms with Crippen molar-refractivity contribution in [2.45, 2.75) is 65.3 Å². The van der Waals surface area contributed by atoms with Crippen LogP contribution in [0.25, 0.3) is 11.2 Å². The molecule has 0 N–H and O–H groups in total. The Balaban J connectivity index is 1.42. The zero-order valence-corrected chi connectivity index (χ0v) is 19.8. The molecule has 174 valence electrons. The first-order valence-electron chi connectivity index (χ1n) is 12.5. The molecule has 7 nitrogen and oxygen atoms in total. The van der Waals surface area contributed by atoms with Crippen LogP contribution in [0.5, 0.6) is 0 Å². The summed E-state index contributed by atoms with van der Waals surface area (Å²) in [5.74, 6) is 2.19. The lowest BCUT2D eigenvalue weighted by molar-refractivity contribution is -0.122. The Hall–Kier alpha value is -2.96. The highest BCUT2D eigenvalue weighted by molar-refractivity contribution is 5.96. The van der Waals surface area contributed by atoms with Gasteiger partial charge < -0.3 is 14.4 Å². The number of carbonyl (C=O) groups excluding carboxylic acids is 1. The smallest absolute Gasteiger partial charge is 0.231 e. The van der Waals surface area contributed by atoms with Gasteiger partial charge in [-0.3, -0.25) is 4.79 Å². The Bertz CT molecular complexity index is 1140. The maximum atomic E-state index is 13.7. The summed E-state index contributed by atoms with van der Waals surface area (Å²) in [6.45, 7) is 7.51. The van der Waals surface area contributed by atoms with E-state index in [9.17, 15) is 4.79 Å². The fourth-order valence-corrected chi connectivity index (χ4v) is 5.39. The number of amides is 1. The molecular formula is C26H34N6O. The predicted octanol–water partition coefficient (Wildman–Crippen LogP) is 4.52. The van der Waals surface area contributed by atoms with Crippen LogP contribution in [0.4, 0.5) is 11.5 Å². The topological polar surface area (TPSA) is 67.2 Å². The Morgan fingerprint density at radius 1 is 1.12 bits per heavy atom. The molecule has 1 saturated heterocycles. The van der Waals surface area contributed by atoms with Crippen LogP contribution in [0.2, 0.25) is 0 Å². The van der Waals surface area contributed by atoms with Gasteiger partial charge in [-0.15, -0.1) is 0 Å². The van der Waals surface area contributed by atoms with E-state index in [2.05, 4.69) is 45.4 Å². The van der Waals surface area contributed by atoms with Gasteiger partial charge in [-0.05, 0) is 50.7 Å². The molecule has 0 unspecified atom stereocenters. The maximum Gasteiger partial charge on any atom is 0.231 e. The summed E-state index contributed by atoms with van der Waals surface area (Å²) < 4.78 is 2.28. The van der Waals surface area contributed by atoms with E-state index in [1.807, 2.05) is 17.0 Å². The van der Waals surface area contributed by atoms with Gasteiger partial charge in [0.25, 0.3) is 0 Å². The average Bonchev–Trinajstić information content (AvgIpc) is 3.03. The molecule has 0 aliphatic carbocycles. The fourth-order valence-electron chi connectivity index (χ4n) is 5.39. The third-order valence-electron chi connectivity index (χ3n) is 7.06. The maximum absolute atomic E-state index is 13.7. The second kappa shape index (κ2) is 9.49. The molecule has 1 fully saturated rings. The summed E-state index contributed by atoms with van der Waals surface area (Å²) in [6.07, 6.45) is 9.08. The van der Waals surface area contributed by atoms with Gasteiger partial charge in [0, 0.05) is 38.3 Å². The van der Waals surface area contributed by atoms with Crippen molar-refractivity contribution in [3.8, 4) is 0 Å². The Labute approximate surface area is 195 Å². The predicted molar refractivity (Wildman–Crippen MR) is 132 cm³/mol. The number of nitrogens with zero attached hydrogens (tertiary/aromatic N) is 6. The number of fused-ring (bicyclic) bond motifs is 3. The monoisotopic (exact) mass is 446 g/mol. The van der Waals surface area contributed by atoms with Crippen LogP contribution in [0.3, 0.4) is 0 Å². The third-order valence-corrected chi connectivity index (χ3v) is 7.06. The van der Waals surface area contributed by atoms with Crippen LogP contribution in [-0.4, -0.2) is 45.1 Å². The number of aryl methyl sites for hydroxylation is 3. The normalized spacial score (nSPS) is 18.7. The van der Waals surface area contributed by atoms with E-state index in [-0.39, 0.29) is 11.8 Å². The Morgan fingerprint density at radius 2 is 2.00 bits per heavy atom. The van der Waals surface area contributed by atoms with Crippen molar-refractivity contribution in [3.63, 3.8) is 0 Å². The van der Waals surface area contributed by atoms with E-state index in [1.54, 1.807) is 6.33 Å². The second-order valence-corrected chi connectivity index (χ2v) is 9.42. The van der Waals surface area contributed by atoms with E-state index in [1.165, 1.54) is 19.3 Å². The highest BCUT2D eigenvalue weighted by atomic mass is 16.2. The molecule has 33 heavy (non-hydrogen) atoms. The van der Waals surface area contributed by atoms with E-state index in [0.717, 1.165) is 79.4 Å². The van der Waals surface area contributed by atoms with Gasteiger partial charge in [-0.25, -0.2) is 15.0 Å². The molecule has 5 rings (SSSR count). The number of hydrogen-bond donors (Lipinski definition) is 0. The summed E-state index contributed by atoms with van der Waals surface area (Å²) in [7, 11) is 0. The van der Waals surface area contributed by atoms with Crippen molar-refractivity contribution in [1.29, 1.82) is 0 Å². The zero-order valence-electron chi connectivity index (χ0n) is 19.8. The lowest BCUT2D eigenvalue weighted by atomic mass is 9.95. The molecule has 3 aromatic rings. The van der Waals surface area contributed by atoms with Crippen LogP contribution in [-0.2, 0) is 17.8 Å². The molecular weight excluding hydrogens is 412 g/mol. The van der Waals surface area contributed by atoms with Gasteiger partial charge in [-0.1, -0.05) is 31.5 Å². The Morgan fingerprint density at radius 3 is 2.85 bits per heavy atom. The highest BCUT2D eigenvalue weighted by Crippen LogP contribution is 2.31. The van der Waals surface area contributed by atoms with Gasteiger partial charge in [0.2, 0.25) is 5.91 Å². The second-order valence-electron chi connectivity index (χ2n) is 9.42. The van der Waals surface area contributed by atoms with Gasteiger partial charge in [0.15, 0.2) is 17.0 Å². The summed E-state index contributed by atoms with van der Waals surface area (Å²) in [4.78, 5) is 32.2. The average molecular weight is 447 g/mol. The fraction of sp³-hybridized carbons (Fsp3) is 0.538. The molecule has 0 bridgehead atoms. The molecule has 0 saturated carbocycles.